The normalized spacial score (nSPS) is 26.6. The first-order valence-corrected chi connectivity index (χ1v) is 9.89. The molecule has 1 aromatic rings. The van der Waals surface area contributed by atoms with Gasteiger partial charge in [-0.3, -0.25) is 4.79 Å². The summed E-state index contributed by atoms with van der Waals surface area (Å²) in [5.74, 6) is 1.19. The smallest absolute Gasteiger partial charge is 0.245 e. The quantitative estimate of drug-likeness (QED) is 0.717. The van der Waals surface area contributed by atoms with Crippen molar-refractivity contribution in [2.24, 2.45) is 17.1 Å². The first-order valence-electron chi connectivity index (χ1n) is 9.89. The van der Waals surface area contributed by atoms with Crippen LogP contribution in [0, 0.1) is 11.3 Å². The van der Waals surface area contributed by atoms with Gasteiger partial charge < -0.3 is 25.3 Å². The van der Waals surface area contributed by atoms with Gasteiger partial charge in [0.05, 0.1) is 12.7 Å². The van der Waals surface area contributed by atoms with Crippen molar-refractivity contribution in [1.29, 1.82) is 0 Å². The van der Waals surface area contributed by atoms with Crippen molar-refractivity contribution in [1.82, 2.24) is 0 Å². The van der Waals surface area contributed by atoms with Crippen LogP contribution in [0.2, 0.25) is 0 Å². The third-order valence-corrected chi connectivity index (χ3v) is 6.17. The van der Waals surface area contributed by atoms with Crippen LogP contribution in [0.3, 0.4) is 0 Å². The molecule has 1 amide bonds. The number of amides is 1. The molecule has 1 aliphatic carbocycles. The summed E-state index contributed by atoms with van der Waals surface area (Å²) in [6.07, 6.45) is 2.64. The minimum Gasteiger partial charge on any atom is -0.493 e. The number of nitrogens with one attached hydrogen (secondary N) is 1. The molecule has 0 spiro atoms. The van der Waals surface area contributed by atoms with Crippen molar-refractivity contribution in [3.8, 4) is 5.75 Å². The predicted octanol–water partition coefficient (Wildman–Crippen LogP) is 3.38. The van der Waals surface area contributed by atoms with Gasteiger partial charge in [-0.25, -0.2) is 0 Å². The number of rotatable bonds is 7. The number of anilines is 1. The zero-order valence-electron chi connectivity index (χ0n) is 17.0. The molecule has 6 nitrogen and oxygen atoms in total. The second-order valence-electron chi connectivity index (χ2n) is 8.19. The van der Waals surface area contributed by atoms with E-state index in [0.717, 1.165) is 37.5 Å². The number of benzene rings is 1. The second kappa shape index (κ2) is 9.44. The van der Waals surface area contributed by atoms with Crippen molar-refractivity contribution in [3.63, 3.8) is 0 Å². The third-order valence-electron chi connectivity index (χ3n) is 6.17. The Labute approximate surface area is 173 Å². The Hall–Kier alpha value is -1.34. The lowest BCUT2D eigenvalue weighted by molar-refractivity contribution is -0.166. The van der Waals surface area contributed by atoms with Gasteiger partial charge in [-0.15, -0.1) is 12.4 Å². The zero-order valence-corrected chi connectivity index (χ0v) is 17.8. The summed E-state index contributed by atoms with van der Waals surface area (Å²) in [5, 5.41) is 2.94. The maximum absolute atomic E-state index is 12.8. The molecule has 1 aromatic carbocycles. The molecule has 0 aromatic heterocycles. The minimum absolute atomic E-state index is 0. The number of hydrogen-bond acceptors (Lipinski definition) is 5. The Balaban J connectivity index is 0.00000280. The maximum Gasteiger partial charge on any atom is 0.245 e. The Morgan fingerprint density at radius 2 is 1.89 bits per heavy atom. The topological polar surface area (TPSA) is 82.8 Å². The van der Waals surface area contributed by atoms with Crippen molar-refractivity contribution in [3.05, 3.63) is 24.3 Å². The van der Waals surface area contributed by atoms with Crippen LogP contribution in [-0.4, -0.2) is 44.0 Å². The first-order chi connectivity index (χ1) is 12.9. The highest BCUT2D eigenvalue weighted by Gasteiger charge is 2.62. The van der Waals surface area contributed by atoms with E-state index in [1.54, 1.807) is 0 Å². The lowest BCUT2D eigenvalue weighted by Crippen LogP contribution is -2.74. The maximum atomic E-state index is 12.8. The molecule has 1 saturated carbocycles. The molecule has 158 valence electrons. The fraction of sp³-hybridized carbons (Fsp3) is 0.667. The third kappa shape index (κ3) is 4.62. The van der Waals surface area contributed by atoms with Gasteiger partial charge in [0.25, 0.3) is 0 Å². The van der Waals surface area contributed by atoms with Gasteiger partial charge in [0, 0.05) is 37.3 Å². The lowest BCUT2D eigenvalue weighted by Gasteiger charge is -2.57. The lowest BCUT2D eigenvalue weighted by atomic mass is 9.54. The number of nitrogens with two attached hydrogens (primary N) is 1. The molecule has 2 unspecified atom stereocenters. The van der Waals surface area contributed by atoms with Crippen LogP contribution in [0.25, 0.3) is 0 Å². The van der Waals surface area contributed by atoms with Crippen LogP contribution in [0.1, 0.15) is 40.0 Å². The van der Waals surface area contributed by atoms with Crippen molar-refractivity contribution in [2.75, 3.05) is 31.7 Å². The molecule has 2 fully saturated rings. The Morgan fingerprint density at radius 1 is 1.25 bits per heavy atom. The summed E-state index contributed by atoms with van der Waals surface area (Å²) in [6.45, 7) is 8.90. The van der Waals surface area contributed by atoms with E-state index in [9.17, 15) is 4.79 Å². The highest BCUT2D eigenvalue weighted by molar-refractivity contribution is 5.99. The highest BCUT2D eigenvalue weighted by atomic mass is 35.5. The van der Waals surface area contributed by atoms with E-state index < -0.39 is 11.0 Å². The van der Waals surface area contributed by atoms with Crippen LogP contribution in [0.15, 0.2) is 24.3 Å². The molecule has 7 heteroatoms. The largest absolute Gasteiger partial charge is 0.493 e. The van der Waals surface area contributed by atoms with Gasteiger partial charge in [0.2, 0.25) is 5.91 Å². The summed E-state index contributed by atoms with van der Waals surface area (Å²) < 4.78 is 16.9. The van der Waals surface area contributed by atoms with Crippen molar-refractivity contribution >= 4 is 24.0 Å². The summed E-state index contributed by atoms with van der Waals surface area (Å²) >= 11 is 0. The van der Waals surface area contributed by atoms with Gasteiger partial charge in [-0.1, -0.05) is 13.8 Å². The van der Waals surface area contributed by atoms with Crippen molar-refractivity contribution < 1.29 is 19.0 Å². The van der Waals surface area contributed by atoms with E-state index in [1.807, 2.05) is 45.0 Å². The number of carbonyl (C=O) groups is 1. The van der Waals surface area contributed by atoms with Gasteiger partial charge in [-0.2, -0.15) is 0 Å². The Morgan fingerprint density at radius 3 is 2.46 bits per heavy atom. The highest BCUT2D eigenvalue weighted by Crippen LogP contribution is 2.50. The molecule has 3 rings (SSSR count). The van der Waals surface area contributed by atoms with Crippen LogP contribution in [0.5, 0.6) is 5.75 Å². The number of ether oxygens (including phenoxy) is 3. The number of carbonyl (C=O) groups excluding carboxylic acids is 1. The molecule has 0 radical (unpaired) electrons. The summed E-state index contributed by atoms with van der Waals surface area (Å²) in [4.78, 5) is 12.8. The fourth-order valence-electron chi connectivity index (χ4n) is 3.82. The second-order valence-corrected chi connectivity index (χ2v) is 8.19. The van der Waals surface area contributed by atoms with Crippen molar-refractivity contribution in [2.45, 2.75) is 51.7 Å². The average molecular weight is 413 g/mol. The van der Waals surface area contributed by atoms with E-state index in [4.69, 9.17) is 19.9 Å². The predicted molar refractivity (Wildman–Crippen MR) is 112 cm³/mol. The van der Waals surface area contributed by atoms with E-state index in [2.05, 4.69) is 5.32 Å². The van der Waals surface area contributed by atoms with Gasteiger partial charge in [-0.05, 0) is 49.9 Å². The first kappa shape index (κ1) is 22.9. The minimum atomic E-state index is -0.926. The standard InChI is InChI=1S/C21H32N2O4.ClH/c1-4-26-18-13-21(22,20(18,2)3)19(24)23-16-5-7-17(8-6-16)27-14-15-9-11-25-12-10-15;/h5-8,15,18H,4,9-14,22H2,1-3H3,(H,23,24);1H. The molecule has 28 heavy (non-hydrogen) atoms. The van der Waals surface area contributed by atoms with Gasteiger partial charge in [0.15, 0.2) is 0 Å². The molecule has 1 aliphatic heterocycles. The molecule has 1 saturated heterocycles. The molecule has 2 atom stereocenters. The van der Waals surface area contributed by atoms with E-state index >= 15 is 0 Å². The number of hydrogen-bond donors (Lipinski definition) is 2. The van der Waals surface area contributed by atoms with Gasteiger partial charge in [0.1, 0.15) is 11.3 Å². The summed E-state index contributed by atoms with van der Waals surface area (Å²) in [6, 6.07) is 7.47. The van der Waals surface area contributed by atoms with Crippen LogP contribution >= 0.6 is 12.4 Å². The molecule has 3 N–H and O–H groups in total. The molecule has 0 bridgehead atoms. The average Bonchev–Trinajstić information content (AvgIpc) is 2.68. The summed E-state index contributed by atoms with van der Waals surface area (Å²) in [7, 11) is 0. The molecular formula is C21H33ClN2O4. The molecular weight excluding hydrogens is 380 g/mol. The monoisotopic (exact) mass is 412 g/mol. The SMILES string of the molecule is CCOC1CC(N)(C(=O)Nc2ccc(OCC3CCOCC3)cc2)C1(C)C.Cl. The fourth-order valence-corrected chi connectivity index (χ4v) is 3.82. The number of halogens is 1. The van der Waals surface area contributed by atoms with Crippen LogP contribution in [-0.2, 0) is 14.3 Å². The Bertz CT molecular complexity index is 646. The van der Waals surface area contributed by atoms with Gasteiger partial charge >= 0.3 is 0 Å². The van der Waals surface area contributed by atoms with E-state index in [0.29, 0.717) is 25.6 Å². The Kier molecular flexibility index (Phi) is 7.73. The molecule has 1 heterocycles. The van der Waals surface area contributed by atoms with Crippen LogP contribution < -0.4 is 15.8 Å². The molecule has 2 aliphatic rings. The summed E-state index contributed by atoms with van der Waals surface area (Å²) in [5.41, 5.74) is 5.82. The van der Waals surface area contributed by atoms with E-state index in [-0.39, 0.29) is 24.4 Å². The van der Waals surface area contributed by atoms with Crippen LogP contribution in [0.4, 0.5) is 5.69 Å². The van der Waals surface area contributed by atoms with E-state index in [1.165, 1.54) is 0 Å². The zero-order chi connectivity index (χ0) is 19.5.